The van der Waals surface area contributed by atoms with E-state index in [1.807, 2.05) is 31.2 Å². The molecule has 0 saturated carbocycles. The first-order valence-corrected chi connectivity index (χ1v) is 8.17. The summed E-state index contributed by atoms with van der Waals surface area (Å²) in [6.07, 6.45) is 3.42. The van der Waals surface area contributed by atoms with Gasteiger partial charge >= 0.3 is 5.97 Å². The van der Waals surface area contributed by atoms with Crippen LogP contribution >= 0.6 is 0 Å². The van der Waals surface area contributed by atoms with E-state index in [0.717, 1.165) is 30.6 Å². The van der Waals surface area contributed by atoms with E-state index in [4.69, 9.17) is 4.74 Å². The van der Waals surface area contributed by atoms with Gasteiger partial charge in [0.1, 0.15) is 11.8 Å². The van der Waals surface area contributed by atoms with Crippen LogP contribution in [0.1, 0.15) is 38.2 Å². The van der Waals surface area contributed by atoms with Crippen LogP contribution in [-0.2, 0) is 16.0 Å². The first kappa shape index (κ1) is 17.3. The van der Waals surface area contributed by atoms with Gasteiger partial charge in [0.15, 0.2) is 0 Å². The second kappa shape index (κ2) is 7.99. The molecule has 23 heavy (non-hydrogen) atoms. The Hall–Kier alpha value is -2.04. The molecule has 126 valence electrons. The molecule has 1 saturated heterocycles. The van der Waals surface area contributed by atoms with E-state index in [9.17, 15) is 14.7 Å². The smallest absolute Gasteiger partial charge is 0.326 e. The normalized spacial score (nSPS) is 19.2. The summed E-state index contributed by atoms with van der Waals surface area (Å²) in [5, 5.41) is 9.28. The SMILES string of the molecule is COc1ccccc1C[C@H](C)CC(=O)N1CCCC[C@@H]1C(=O)O. The zero-order valence-corrected chi connectivity index (χ0v) is 13.8. The first-order chi connectivity index (χ1) is 11.0. The average Bonchev–Trinajstić information content (AvgIpc) is 2.55. The molecule has 1 heterocycles. The molecule has 1 aliphatic heterocycles. The number of amides is 1. The van der Waals surface area contributed by atoms with Crippen molar-refractivity contribution >= 4 is 11.9 Å². The standard InChI is InChI=1S/C18H25NO4/c1-13(11-14-7-3-4-9-16(14)23-2)12-17(20)19-10-6-5-8-15(19)18(21)22/h3-4,7,9,13,15H,5-6,8,10-12H2,1-2H3,(H,21,22)/t13-,15+/m0/s1. The van der Waals surface area contributed by atoms with Crippen molar-refractivity contribution in [2.45, 2.75) is 45.1 Å². The molecule has 2 rings (SSSR count). The van der Waals surface area contributed by atoms with Crippen molar-refractivity contribution in [2.24, 2.45) is 5.92 Å². The highest BCUT2D eigenvalue weighted by Gasteiger charge is 2.32. The number of carbonyl (C=O) groups is 2. The predicted molar refractivity (Wildman–Crippen MR) is 87.5 cm³/mol. The zero-order valence-electron chi connectivity index (χ0n) is 13.8. The number of hydrogen-bond acceptors (Lipinski definition) is 3. The number of nitrogens with zero attached hydrogens (tertiary/aromatic N) is 1. The molecule has 5 heteroatoms. The maximum atomic E-state index is 12.5. The van der Waals surface area contributed by atoms with Gasteiger partial charge in [-0.3, -0.25) is 4.79 Å². The third-order valence-corrected chi connectivity index (χ3v) is 4.39. The monoisotopic (exact) mass is 319 g/mol. The van der Waals surface area contributed by atoms with E-state index < -0.39 is 12.0 Å². The Morgan fingerprint density at radius 3 is 2.78 bits per heavy atom. The van der Waals surface area contributed by atoms with Crippen LogP contribution in [0.2, 0.25) is 0 Å². The van der Waals surface area contributed by atoms with E-state index in [-0.39, 0.29) is 11.8 Å². The van der Waals surface area contributed by atoms with Gasteiger partial charge in [-0.25, -0.2) is 4.79 Å². The molecule has 1 N–H and O–H groups in total. The minimum absolute atomic E-state index is 0.0560. The first-order valence-electron chi connectivity index (χ1n) is 8.17. The number of para-hydroxylation sites is 1. The van der Waals surface area contributed by atoms with E-state index in [1.165, 1.54) is 0 Å². The minimum Gasteiger partial charge on any atom is -0.496 e. The fourth-order valence-corrected chi connectivity index (χ4v) is 3.22. The fourth-order valence-electron chi connectivity index (χ4n) is 3.22. The Bertz CT molecular complexity index is 558. The largest absolute Gasteiger partial charge is 0.496 e. The molecule has 1 amide bonds. The topological polar surface area (TPSA) is 66.8 Å². The highest BCUT2D eigenvalue weighted by Crippen LogP contribution is 2.24. The quantitative estimate of drug-likeness (QED) is 0.875. The second-order valence-electron chi connectivity index (χ2n) is 6.26. The van der Waals surface area contributed by atoms with Crippen LogP contribution in [0.15, 0.2) is 24.3 Å². The number of benzene rings is 1. The van der Waals surface area contributed by atoms with Crippen LogP contribution in [0.4, 0.5) is 0 Å². The summed E-state index contributed by atoms with van der Waals surface area (Å²) < 4.78 is 5.34. The highest BCUT2D eigenvalue weighted by molar-refractivity contribution is 5.84. The number of carbonyl (C=O) groups excluding carboxylic acids is 1. The van der Waals surface area contributed by atoms with Crippen LogP contribution in [-0.4, -0.2) is 41.6 Å². The fraction of sp³-hybridized carbons (Fsp3) is 0.556. The van der Waals surface area contributed by atoms with E-state index in [0.29, 0.717) is 19.4 Å². The molecule has 0 aliphatic carbocycles. The molecule has 1 fully saturated rings. The zero-order chi connectivity index (χ0) is 16.8. The summed E-state index contributed by atoms with van der Waals surface area (Å²) >= 11 is 0. The third kappa shape index (κ3) is 4.47. The number of carboxylic acid groups (broad SMARTS) is 1. The summed E-state index contributed by atoms with van der Waals surface area (Å²) in [5.41, 5.74) is 1.07. The number of piperidine rings is 1. The Morgan fingerprint density at radius 2 is 2.09 bits per heavy atom. The maximum absolute atomic E-state index is 12.5. The van der Waals surface area contributed by atoms with Crippen LogP contribution in [0, 0.1) is 5.92 Å². The van der Waals surface area contributed by atoms with E-state index in [1.54, 1.807) is 12.0 Å². The van der Waals surface area contributed by atoms with Crippen molar-refractivity contribution < 1.29 is 19.4 Å². The third-order valence-electron chi connectivity index (χ3n) is 4.39. The molecule has 0 radical (unpaired) electrons. The lowest BCUT2D eigenvalue weighted by atomic mass is 9.95. The Kier molecular flexibility index (Phi) is 6.02. The van der Waals surface area contributed by atoms with Gasteiger partial charge in [0, 0.05) is 13.0 Å². The van der Waals surface area contributed by atoms with Gasteiger partial charge < -0.3 is 14.7 Å². The van der Waals surface area contributed by atoms with Gasteiger partial charge in [0.05, 0.1) is 7.11 Å². The van der Waals surface area contributed by atoms with Crippen LogP contribution in [0.25, 0.3) is 0 Å². The van der Waals surface area contributed by atoms with Gasteiger partial charge in [-0.05, 0) is 43.2 Å². The molecule has 1 aromatic rings. The molecule has 0 unspecified atom stereocenters. The highest BCUT2D eigenvalue weighted by atomic mass is 16.5. The van der Waals surface area contributed by atoms with Gasteiger partial charge in [0.2, 0.25) is 5.91 Å². The molecule has 1 aromatic carbocycles. The van der Waals surface area contributed by atoms with Crippen molar-refractivity contribution in [3.05, 3.63) is 29.8 Å². The summed E-state index contributed by atoms with van der Waals surface area (Å²) in [6, 6.07) is 7.13. The number of carboxylic acids is 1. The number of ether oxygens (including phenoxy) is 1. The lowest BCUT2D eigenvalue weighted by molar-refractivity contribution is -0.152. The number of hydrogen-bond donors (Lipinski definition) is 1. The predicted octanol–water partition coefficient (Wildman–Crippen LogP) is 2.73. The Labute approximate surface area is 137 Å². The Morgan fingerprint density at radius 1 is 1.35 bits per heavy atom. The molecule has 0 bridgehead atoms. The lowest BCUT2D eigenvalue weighted by Crippen LogP contribution is -2.48. The Balaban J connectivity index is 1.97. The molecule has 2 atom stereocenters. The lowest BCUT2D eigenvalue weighted by Gasteiger charge is -2.33. The molecular formula is C18H25NO4. The van der Waals surface area contributed by atoms with Crippen molar-refractivity contribution in [2.75, 3.05) is 13.7 Å². The number of aliphatic carboxylic acids is 1. The molecule has 0 aromatic heterocycles. The summed E-state index contributed by atoms with van der Waals surface area (Å²) in [6.45, 7) is 2.57. The van der Waals surface area contributed by atoms with E-state index in [2.05, 4.69) is 0 Å². The van der Waals surface area contributed by atoms with Crippen LogP contribution in [0.3, 0.4) is 0 Å². The molecular weight excluding hydrogens is 294 g/mol. The summed E-state index contributed by atoms with van der Waals surface area (Å²) in [5.74, 6) is 0.0123. The maximum Gasteiger partial charge on any atom is 0.326 e. The van der Waals surface area contributed by atoms with Crippen LogP contribution in [0.5, 0.6) is 5.75 Å². The molecule has 1 aliphatic rings. The van der Waals surface area contributed by atoms with E-state index >= 15 is 0 Å². The van der Waals surface area contributed by atoms with Gasteiger partial charge in [0.25, 0.3) is 0 Å². The van der Waals surface area contributed by atoms with Crippen molar-refractivity contribution in [3.8, 4) is 5.75 Å². The van der Waals surface area contributed by atoms with Crippen molar-refractivity contribution in [1.29, 1.82) is 0 Å². The van der Waals surface area contributed by atoms with Gasteiger partial charge in [-0.15, -0.1) is 0 Å². The van der Waals surface area contributed by atoms with Crippen molar-refractivity contribution in [1.82, 2.24) is 4.90 Å². The number of rotatable bonds is 6. The second-order valence-corrected chi connectivity index (χ2v) is 6.26. The summed E-state index contributed by atoms with van der Waals surface area (Å²) in [4.78, 5) is 25.4. The number of likely N-dealkylation sites (tertiary alicyclic amines) is 1. The minimum atomic E-state index is -0.893. The van der Waals surface area contributed by atoms with Gasteiger partial charge in [-0.2, -0.15) is 0 Å². The number of methoxy groups -OCH3 is 1. The summed E-state index contributed by atoms with van der Waals surface area (Å²) in [7, 11) is 1.64. The average molecular weight is 319 g/mol. The van der Waals surface area contributed by atoms with Gasteiger partial charge in [-0.1, -0.05) is 25.1 Å². The molecule has 0 spiro atoms. The van der Waals surface area contributed by atoms with Crippen LogP contribution < -0.4 is 4.74 Å². The molecule has 5 nitrogen and oxygen atoms in total. The van der Waals surface area contributed by atoms with Crippen molar-refractivity contribution in [3.63, 3.8) is 0 Å².